The molecule has 1 saturated heterocycles. The van der Waals surface area contributed by atoms with Crippen molar-refractivity contribution in [1.29, 1.82) is 0 Å². The lowest BCUT2D eigenvalue weighted by molar-refractivity contribution is 0.0735. The van der Waals surface area contributed by atoms with Crippen molar-refractivity contribution in [2.75, 3.05) is 13.7 Å². The van der Waals surface area contributed by atoms with Crippen molar-refractivity contribution in [2.45, 2.75) is 32.2 Å². The summed E-state index contributed by atoms with van der Waals surface area (Å²) in [4.78, 5) is 26.5. The number of rotatable bonds is 5. The molecule has 1 aromatic carbocycles. The monoisotopic (exact) mass is 393 g/mol. The van der Waals surface area contributed by atoms with Crippen LogP contribution in [0.3, 0.4) is 0 Å². The number of hydrogen-bond donors (Lipinski definition) is 1. The number of H-pyrrole nitrogens is 1. The Kier molecular flexibility index (Phi) is 5.16. The van der Waals surface area contributed by atoms with E-state index in [2.05, 4.69) is 15.3 Å². The average Bonchev–Trinajstić information content (AvgIpc) is 3.35. The Labute approximate surface area is 168 Å². The first-order chi connectivity index (χ1) is 14.1. The molecular weight excluding hydrogens is 370 g/mol. The molecule has 4 rings (SSSR count). The SMILES string of the molecule is COc1ccccc1CC1CCCN1C(=O)c1cnn(-c2ccc(=O)[nH]n2)c1C. The Morgan fingerprint density at radius 1 is 1.28 bits per heavy atom. The highest BCUT2D eigenvalue weighted by molar-refractivity contribution is 5.95. The van der Waals surface area contributed by atoms with Gasteiger partial charge in [-0.15, -0.1) is 0 Å². The molecule has 1 aliphatic rings. The van der Waals surface area contributed by atoms with E-state index in [1.165, 1.54) is 6.07 Å². The molecule has 0 spiro atoms. The number of nitrogens with one attached hydrogen (secondary N) is 1. The van der Waals surface area contributed by atoms with Crippen molar-refractivity contribution in [3.63, 3.8) is 0 Å². The summed E-state index contributed by atoms with van der Waals surface area (Å²) in [5.41, 5.74) is 2.05. The lowest BCUT2D eigenvalue weighted by Gasteiger charge is -2.25. The van der Waals surface area contributed by atoms with E-state index in [1.807, 2.05) is 36.1 Å². The van der Waals surface area contributed by atoms with Crippen molar-refractivity contribution < 1.29 is 9.53 Å². The Morgan fingerprint density at radius 3 is 2.86 bits per heavy atom. The summed E-state index contributed by atoms with van der Waals surface area (Å²) in [6.07, 6.45) is 4.26. The second-order valence-corrected chi connectivity index (χ2v) is 7.15. The Bertz CT molecular complexity index is 1070. The number of carbonyl (C=O) groups is 1. The Balaban J connectivity index is 1.57. The van der Waals surface area contributed by atoms with Crippen LogP contribution in [0.15, 0.2) is 47.4 Å². The highest BCUT2D eigenvalue weighted by atomic mass is 16.5. The van der Waals surface area contributed by atoms with Crippen LogP contribution in [0.4, 0.5) is 0 Å². The highest BCUT2D eigenvalue weighted by Crippen LogP contribution is 2.28. The van der Waals surface area contributed by atoms with Gasteiger partial charge in [0.2, 0.25) is 0 Å². The zero-order valence-electron chi connectivity index (χ0n) is 16.5. The summed E-state index contributed by atoms with van der Waals surface area (Å²) in [7, 11) is 1.67. The van der Waals surface area contributed by atoms with Gasteiger partial charge in [-0.25, -0.2) is 9.78 Å². The standard InChI is InChI=1S/C21H23N5O3/c1-14-17(13-22-26(14)19-9-10-20(27)24-23-19)21(28)25-11-5-7-16(25)12-15-6-3-4-8-18(15)29-2/h3-4,6,8-10,13,16H,5,7,11-12H2,1-2H3,(H,24,27). The first kappa shape index (κ1) is 18.9. The second kappa shape index (κ2) is 7.90. The molecule has 0 aliphatic carbocycles. The van der Waals surface area contributed by atoms with Crippen LogP contribution in [-0.4, -0.2) is 50.5 Å². The first-order valence-corrected chi connectivity index (χ1v) is 9.62. The van der Waals surface area contributed by atoms with Crippen molar-refractivity contribution in [3.8, 4) is 11.6 Å². The fraction of sp³-hybridized carbons (Fsp3) is 0.333. The fourth-order valence-electron chi connectivity index (χ4n) is 3.90. The number of amides is 1. The topological polar surface area (TPSA) is 93.1 Å². The van der Waals surface area contributed by atoms with Gasteiger partial charge in [-0.3, -0.25) is 9.59 Å². The molecule has 150 valence electrons. The van der Waals surface area contributed by atoms with E-state index in [4.69, 9.17) is 4.74 Å². The summed E-state index contributed by atoms with van der Waals surface area (Å²) in [5, 5.41) is 10.7. The number of likely N-dealkylation sites (tertiary alicyclic amines) is 1. The van der Waals surface area contributed by atoms with E-state index in [-0.39, 0.29) is 17.5 Å². The minimum absolute atomic E-state index is 0.0319. The van der Waals surface area contributed by atoms with Gasteiger partial charge in [0.05, 0.1) is 24.6 Å². The fourth-order valence-corrected chi connectivity index (χ4v) is 3.90. The van der Waals surface area contributed by atoms with Gasteiger partial charge in [0, 0.05) is 18.7 Å². The molecule has 1 atom stereocenters. The van der Waals surface area contributed by atoms with Crippen molar-refractivity contribution in [2.24, 2.45) is 0 Å². The number of ether oxygens (including phenoxy) is 1. The van der Waals surface area contributed by atoms with Crippen molar-refractivity contribution in [3.05, 3.63) is 69.8 Å². The first-order valence-electron chi connectivity index (χ1n) is 9.62. The molecule has 29 heavy (non-hydrogen) atoms. The number of aromatic amines is 1. The van der Waals surface area contributed by atoms with Gasteiger partial charge >= 0.3 is 0 Å². The van der Waals surface area contributed by atoms with E-state index >= 15 is 0 Å². The predicted octanol–water partition coefficient (Wildman–Crippen LogP) is 2.12. The molecule has 0 radical (unpaired) electrons. The van der Waals surface area contributed by atoms with E-state index in [0.29, 0.717) is 17.1 Å². The predicted molar refractivity (Wildman–Crippen MR) is 107 cm³/mol. The zero-order chi connectivity index (χ0) is 20.4. The van der Waals surface area contributed by atoms with E-state index in [1.54, 1.807) is 24.1 Å². The second-order valence-electron chi connectivity index (χ2n) is 7.15. The van der Waals surface area contributed by atoms with Crippen molar-refractivity contribution >= 4 is 5.91 Å². The summed E-state index contributed by atoms with van der Waals surface area (Å²) in [6, 6.07) is 11.0. The average molecular weight is 393 g/mol. The van der Waals surface area contributed by atoms with Gasteiger partial charge in [-0.05, 0) is 43.9 Å². The van der Waals surface area contributed by atoms with Crippen LogP contribution in [0.5, 0.6) is 5.75 Å². The Morgan fingerprint density at radius 2 is 2.10 bits per heavy atom. The summed E-state index contributed by atoms with van der Waals surface area (Å²) >= 11 is 0. The quantitative estimate of drug-likeness (QED) is 0.717. The van der Waals surface area contributed by atoms with Gasteiger partial charge in [-0.2, -0.15) is 10.2 Å². The third-order valence-electron chi connectivity index (χ3n) is 5.41. The molecule has 3 heterocycles. The largest absolute Gasteiger partial charge is 0.496 e. The van der Waals surface area contributed by atoms with E-state index in [0.717, 1.165) is 37.1 Å². The summed E-state index contributed by atoms with van der Waals surface area (Å²) in [5.74, 6) is 1.28. The molecule has 1 N–H and O–H groups in total. The van der Waals surface area contributed by atoms with Gasteiger partial charge in [0.15, 0.2) is 5.82 Å². The summed E-state index contributed by atoms with van der Waals surface area (Å²) < 4.78 is 7.03. The van der Waals surface area contributed by atoms with Crippen LogP contribution < -0.4 is 10.3 Å². The third kappa shape index (κ3) is 3.65. The maximum absolute atomic E-state index is 13.3. The maximum Gasteiger partial charge on any atom is 0.264 e. The molecule has 8 heteroatoms. The van der Waals surface area contributed by atoms with Gasteiger partial charge in [0.1, 0.15) is 5.75 Å². The number of aromatic nitrogens is 4. The molecular formula is C21H23N5O3. The number of methoxy groups -OCH3 is 1. The van der Waals surface area contributed by atoms with Gasteiger partial charge in [-0.1, -0.05) is 18.2 Å². The molecule has 1 fully saturated rings. The molecule has 0 saturated carbocycles. The van der Waals surface area contributed by atoms with Crippen LogP contribution in [0.1, 0.15) is 34.5 Å². The normalized spacial score (nSPS) is 16.2. The zero-order valence-corrected chi connectivity index (χ0v) is 16.5. The smallest absolute Gasteiger partial charge is 0.264 e. The number of nitrogens with zero attached hydrogens (tertiary/aromatic N) is 4. The number of benzene rings is 1. The molecule has 2 aromatic heterocycles. The van der Waals surface area contributed by atoms with Gasteiger partial charge < -0.3 is 9.64 Å². The minimum atomic E-state index is -0.286. The summed E-state index contributed by atoms with van der Waals surface area (Å²) in [6.45, 7) is 2.55. The maximum atomic E-state index is 13.3. The van der Waals surface area contributed by atoms with E-state index in [9.17, 15) is 9.59 Å². The number of hydrogen-bond acceptors (Lipinski definition) is 5. The molecule has 3 aromatic rings. The van der Waals surface area contributed by atoms with Gasteiger partial charge in [0.25, 0.3) is 11.5 Å². The number of carbonyl (C=O) groups excluding carboxylic acids is 1. The number of para-hydroxylation sites is 1. The van der Waals surface area contributed by atoms with Crippen LogP contribution in [-0.2, 0) is 6.42 Å². The Hall–Kier alpha value is -3.42. The van der Waals surface area contributed by atoms with Crippen LogP contribution in [0, 0.1) is 6.92 Å². The third-order valence-corrected chi connectivity index (χ3v) is 5.41. The van der Waals surface area contributed by atoms with Crippen molar-refractivity contribution in [1.82, 2.24) is 24.9 Å². The molecule has 1 aliphatic heterocycles. The van der Waals surface area contributed by atoms with Crippen LogP contribution in [0.25, 0.3) is 5.82 Å². The lowest BCUT2D eigenvalue weighted by atomic mass is 10.0. The molecule has 1 amide bonds. The molecule has 0 bridgehead atoms. The highest BCUT2D eigenvalue weighted by Gasteiger charge is 2.32. The lowest BCUT2D eigenvalue weighted by Crippen LogP contribution is -2.37. The van der Waals surface area contributed by atoms with Crippen LogP contribution >= 0.6 is 0 Å². The molecule has 8 nitrogen and oxygen atoms in total. The molecule has 1 unspecified atom stereocenters. The van der Waals surface area contributed by atoms with Crippen LogP contribution in [0.2, 0.25) is 0 Å². The van der Waals surface area contributed by atoms with E-state index < -0.39 is 0 Å². The minimum Gasteiger partial charge on any atom is -0.496 e.